The number of nitrogens with zero attached hydrogens (tertiary/aromatic N) is 1. The van der Waals surface area contributed by atoms with Gasteiger partial charge in [-0.1, -0.05) is 6.07 Å². The molecule has 1 aromatic carbocycles. The van der Waals surface area contributed by atoms with Crippen molar-refractivity contribution < 1.29 is 4.79 Å². The Bertz CT molecular complexity index is 461. The van der Waals surface area contributed by atoms with Gasteiger partial charge in [0.15, 0.2) is 0 Å². The van der Waals surface area contributed by atoms with Gasteiger partial charge in [0.1, 0.15) is 0 Å². The van der Waals surface area contributed by atoms with E-state index in [2.05, 4.69) is 0 Å². The second-order valence-corrected chi connectivity index (χ2v) is 5.60. The molecular formula is C15H20N2O. The number of carbonyl (C=O) groups excluding carboxylic acids is 1. The lowest BCUT2D eigenvalue weighted by molar-refractivity contribution is -0.122. The molecule has 2 aliphatic rings. The molecule has 0 spiro atoms. The molecule has 2 saturated carbocycles. The summed E-state index contributed by atoms with van der Waals surface area (Å²) in [5.74, 6) is 2.22. The summed E-state index contributed by atoms with van der Waals surface area (Å²) in [6.45, 7) is 2.74. The van der Waals surface area contributed by atoms with E-state index in [4.69, 9.17) is 5.73 Å². The maximum absolute atomic E-state index is 12.5. The predicted octanol–water partition coefficient (Wildman–Crippen LogP) is 2.67. The molecule has 2 aliphatic carbocycles. The van der Waals surface area contributed by atoms with Crippen molar-refractivity contribution in [3.05, 3.63) is 24.3 Å². The molecule has 2 fully saturated rings. The van der Waals surface area contributed by atoms with Crippen LogP contribution in [0.15, 0.2) is 24.3 Å². The van der Waals surface area contributed by atoms with Crippen LogP contribution in [0, 0.1) is 17.8 Å². The minimum Gasteiger partial charge on any atom is -0.399 e. The number of nitrogens with two attached hydrogens (primary N) is 1. The molecule has 3 nitrogen and oxygen atoms in total. The van der Waals surface area contributed by atoms with E-state index in [-0.39, 0.29) is 11.8 Å². The first-order valence-corrected chi connectivity index (χ1v) is 6.86. The van der Waals surface area contributed by atoms with Crippen molar-refractivity contribution in [2.45, 2.75) is 26.2 Å². The smallest absolute Gasteiger partial charge is 0.230 e. The van der Waals surface area contributed by atoms with Crippen molar-refractivity contribution in [1.29, 1.82) is 0 Å². The van der Waals surface area contributed by atoms with E-state index in [1.165, 1.54) is 6.42 Å². The van der Waals surface area contributed by atoms with E-state index in [0.29, 0.717) is 12.2 Å². The Hall–Kier alpha value is -1.51. The Morgan fingerprint density at radius 1 is 1.33 bits per heavy atom. The van der Waals surface area contributed by atoms with Crippen LogP contribution in [0.3, 0.4) is 0 Å². The number of benzene rings is 1. The van der Waals surface area contributed by atoms with Crippen molar-refractivity contribution in [3.8, 4) is 0 Å². The minimum absolute atomic E-state index is 0.245. The Balaban J connectivity index is 1.77. The van der Waals surface area contributed by atoms with Gasteiger partial charge in [0, 0.05) is 23.8 Å². The van der Waals surface area contributed by atoms with Crippen LogP contribution in [0.2, 0.25) is 0 Å². The Morgan fingerprint density at radius 2 is 2.06 bits per heavy atom. The average Bonchev–Trinajstić information content (AvgIpc) is 2.97. The fourth-order valence-corrected chi connectivity index (χ4v) is 3.30. The first kappa shape index (κ1) is 11.6. The number of rotatable bonds is 3. The van der Waals surface area contributed by atoms with Gasteiger partial charge in [0.05, 0.1) is 0 Å². The maximum atomic E-state index is 12.5. The highest BCUT2D eigenvalue weighted by molar-refractivity contribution is 5.95. The summed E-state index contributed by atoms with van der Waals surface area (Å²) in [6, 6.07) is 7.61. The average molecular weight is 244 g/mol. The van der Waals surface area contributed by atoms with Crippen molar-refractivity contribution in [2.24, 2.45) is 17.8 Å². The van der Waals surface area contributed by atoms with E-state index < -0.39 is 0 Å². The highest BCUT2D eigenvalue weighted by Gasteiger charge is 2.48. The number of carbonyl (C=O) groups is 1. The molecule has 1 aromatic rings. The third kappa shape index (κ3) is 1.98. The molecule has 0 radical (unpaired) electrons. The standard InChI is InChI=1S/C15H20N2O/c1-2-17(14-5-3-4-13(16)9-14)15(18)12-7-10-6-11(10)8-12/h3-5,9-12H,2,6-8,16H2,1H3. The molecule has 96 valence electrons. The van der Waals surface area contributed by atoms with Crippen LogP contribution in [0.5, 0.6) is 0 Å². The predicted molar refractivity (Wildman–Crippen MR) is 73.2 cm³/mol. The van der Waals surface area contributed by atoms with Gasteiger partial charge in [0.2, 0.25) is 5.91 Å². The van der Waals surface area contributed by atoms with Gasteiger partial charge in [-0.15, -0.1) is 0 Å². The fourth-order valence-electron chi connectivity index (χ4n) is 3.30. The Morgan fingerprint density at radius 3 is 2.67 bits per heavy atom. The van der Waals surface area contributed by atoms with Crippen LogP contribution in [0.1, 0.15) is 26.2 Å². The maximum Gasteiger partial charge on any atom is 0.230 e. The number of anilines is 2. The zero-order valence-corrected chi connectivity index (χ0v) is 10.8. The molecule has 0 heterocycles. The van der Waals surface area contributed by atoms with Crippen LogP contribution < -0.4 is 10.6 Å². The molecule has 18 heavy (non-hydrogen) atoms. The lowest BCUT2D eigenvalue weighted by Crippen LogP contribution is -2.35. The quantitative estimate of drug-likeness (QED) is 0.831. The van der Waals surface area contributed by atoms with Crippen molar-refractivity contribution in [1.82, 2.24) is 0 Å². The van der Waals surface area contributed by atoms with Crippen LogP contribution in [0.25, 0.3) is 0 Å². The van der Waals surface area contributed by atoms with Gasteiger partial charge < -0.3 is 10.6 Å². The lowest BCUT2D eigenvalue weighted by Gasteiger charge is -2.25. The molecule has 3 heteroatoms. The van der Waals surface area contributed by atoms with E-state index in [9.17, 15) is 4.79 Å². The first-order valence-electron chi connectivity index (χ1n) is 6.86. The van der Waals surface area contributed by atoms with Crippen LogP contribution in [0.4, 0.5) is 11.4 Å². The first-order chi connectivity index (χ1) is 8.69. The van der Waals surface area contributed by atoms with Gasteiger partial charge in [-0.25, -0.2) is 0 Å². The van der Waals surface area contributed by atoms with E-state index in [1.807, 2.05) is 36.1 Å². The minimum atomic E-state index is 0.245. The number of nitrogen functional groups attached to an aromatic ring is 1. The fraction of sp³-hybridized carbons (Fsp3) is 0.533. The van der Waals surface area contributed by atoms with Crippen LogP contribution in [-0.2, 0) is 4.79 Å². The summed E-state index contributed by atoms with van der Waals surface area (Å²) in [5.41, 5.74) is 7.45. The molecule has 0 saturated heterocycles. The third-order valence-electron chi connectivity index (χ3n) is 4.36. The number of amides is 1. The Labute approximate surface area is 108 Å². The van der Waals surface area contributed by atoms with Crippen LogP contribution in [-0.4, -0.2) is 12.5 Å². The molecule has 0 aliphatic heterocycles. The number of hydrogen-bond acceptors (Lipinski definition) is 2. The summed E-state index contributed by atoms with van der Waals surface area (Å²) in [4.78, 5) is 14.4. The second-order valence-electron chi connectivity index (χ2n) is 5.60. The van der Waals surface area contributed by atoms with Crippen molar-refractivity contribution in [2.75, 3.05) is 17.2 Å². The zero-order chi connectivity index (χ0) is 12.7. The third-order valence-corrected chi connectivity index (χ3v) is 4.36. The van der Waals surface area contributed by atoms with Crippen molar-refractivity contribution >= 4 is 17.3 Å². The SMILES string of the molecule is CCN(C(=O)C1CC2CC2C1)c1cccc(N)c1. The summed E-state index contributed by atoms with van der Waals surface area (Å²) in [7, 11) is 0. The largest absolute Gasteiger partial charge is 0.399 e. The normalized spacial score (nSPS) is 28.8. The summed E-state index contributed by atoms with van der Waals surface area (Å²) in [6.07, 6.45) is 3.55. The molecule has 0 bridgehead atoms. The highest BCUT2D eigenvalue weighted by atomic mass is 16.2. The summed E-state index contributed by atoms with van der Waals surface area (Å²) >= 11 is 0. The number of hydrogen-bond donors (Lipinski definition) is 1. The molecule has 2 unspecified atom stereocenters. The van der Waals surface area contributed by atoms with E-state index >= 15 is 0 Å². The van der Waals surface area contributed by atoms with Gasteiger partial charge in [0.25, 0.3) is 0 Å². The van der Waals surface area contributed by atoms with Crippen LogP contribution >= 0.6 is 0 Å². The summed E-state index contributed by atoms with van der Waals surface area (Å²) in [5, 5.41) is 0. The highest BCUT2D eigenvalue weighted by Crippen LogP contribution is 2.54. The molecule has 1 amide bonds. The number of fused-ring (bicyclic) bond motifs is 1. The van der Waals surface area contributed by atoms with E-state index in [0.717, 1.165) is 30.4 Å². The second kappa shape index (κ2) is 4.30. The molecule has 2 atom stereocenters. The Kier molecular flexibility index (Phi) is 2.77. The van der Waals surface area contributed by atoms with Gasteiger partial charge in [-0.05, 0) is 56.2 Å². The lowest BCUT2D eigenvalue weighted by atomic mass is 10.0. The van der Waals surface area contributed by atoms with Gasteiger partial charge in [-0.2, -0.15) is 0 Å². The molecule has 0 aromatic heterocycles. The molecule has 2 N–H and O–H groups in total. The van der Waals surface area contributed by atoms with Gasteiger partial charge in [-0.3, -0.25) is 4.79 Å². The zero-order valence-electron chi connectivity index (χ0n) is 10.8. The summed E-state index contributed by atoms with van der Waals surface area (Å²) < 4.78 is 0. The molecule has 3 rings (SSSR count). The molecular weight excluding hydrogens is 224 g/mol. The topological polar surface area (TPSA) is 46.3 Å². The van der Waals surface area contributed by atoms with Crippen molar-refractivity contribution in [3.63, 3.8) is 0 Å². The van der Waals surface area contributed by atoms with Gasteiger partial charge >= 0.3 is 0 Å². The van der Waals surface area contributed by atoms with E-state index in [1.54, 1.807) is 0 Å². The monoisotopic (exact) mass is 244 g/mol.